The number of rotatable bonds is 5. The second-order valence-electron chi connectivity index (χ2n) is 5.24. The van der Waals surface area contributed by atoms with Crippen LogP contribution in [0.1, 0.15) is 5.69 Å². The maximum atomic E-state index is 12.4. The molecule has 0 fully saturated rings. The van der Waals surface area contributed by atoms with Crippen LogP contribution in [0.3, 0.4) is 0 Å². The van der Waals surface area contributed by atoms with E-state index >= 15 is 0 Å². The van der Waals surface area contributed by atoms with Gasteiger partial charge in [-0.25, -0.2) is 4.98 Å². The number of methoxy groups -OCH3 is 2. The van der Waals surface area contributed by atoms with Crippen molar-refractivity contribution in [1.29, 1.82) is 0 Å². The Morgan fingerprint density at radius 2 is 2.04 bits per heavy atom. The van der Waals surface area contributed by atoms with Crippen LogP contribution in [0.2, 0.25) is 0 Å². The number of fused-ring (bicyclic) bond motifs is 1. The molecule has 2 aromatic heterocycles. The van der Waals surface area contributed by atoms with Crippen LogP contribution in [0.5, 0.6) is 11.5 Å². The first-order valence-electron chi connectivity index (χ1n) is 7.36. The van der Waals surface area contributed by atoms with Gasteiger partial charge in [-0.2, -0.15) is 0 Å². The van der Waals surface area contributed by atoms with Crippen molar-refractivity contribution in [2.24, 2.45) is 0 Å². The molecule has 0 aliphatic heterocycles. The van der Waals surface area contributed by atoms with E-state index in [1.54, 1.807) is 25.1 Å². The molecule has 9 heteroatoms. The predicted octanol–water partition coefficient (Wildman–Crippen LogP) is 1.35. The quantitative estimate of drug-likeness (QED) is 0.744. The van der Waals surface area contributed by atoms with Crippen molar-refractivity contribution >= 4 is 22.7 Å². The number of benzene rings is 1. The molecule has 1 N–H and O–H groups in total. The Hall–Kier alpha value is -3.36. The summed E-state index contributed by atoms with van der Waals surface area (Å²) in [6, 6.07) is 4.98. The predicted molar refractivity (Wildman–Crippen MR) is 89.0 cm³/mol. The zero-order valence-electron chi connectivity index (χ0n) is 13.9. The van der Waals surface area contributed by atoms with E-state index in [0.717, 1.165) is 0 Å². The molecule has 0 bridgehead atoms. The van der Waals surface area contributed by atoms with Gasteiger partial charge in [-0.3, -0.25) is 14.2 Å². The summed E-state index contributed by atoms with van der Waals surface area (Å²) in [4.78, 5) is 28.6. The summed E-state index contributed by atoms with van der Waals surface area (Å²) in [6.45, 7) is 1.45. The van der Waals surface area contributed by atoms with Crippen LogP contribution in [0.25, 0.3) is 11.1 Å². The molecular formula is C16H16N4O5. The molecule has 0 aliphatic carbocycles. The Balaban J connectivity index is 1.80. The monoisotopic (exact) mass is 344 g/mol. The molecule has 1 amide bonds. The van der Waals surface area contributed by atoms with Crippen molar-refractivity contribution in [3.8, 4) is 11.5 Å². The molecule has 1 aromatic carbocycles. The van der Waals surface area contributed by atoms with Gasteiger partial charge in [-0.1, -0.05) is 5.16 Å². The van der Waals surface area contributed by atoms with Crippen molar-refractivity contribution in [2.45, 2.75) is 13.5 Å². The highest BCUT2D eigenvalue weighted by Crippen LogP contribution is 2.29. The van der Waals surface area contributed by atoms with Gasteiger partial charge in [0.2, 0.25) is 5.91 Å². The van der Waals surface area contributed by atoms with Crippen molar-refractivity contribution in [1.82, 2.24) is 14.7 Å². The van der Waals surface area contributed by atoms with Gasteiger partial charge in [0.05, 0.1) is 19.9 Å². The normalized spacial score (nSPS) is 10.7. The van der Waals surface area contributed by atoms with Gasteiger partial charge in [0.1, 0.15) is 18.3 Å². The summed E-state index contributed by atoms with van der Waals surface area (Å²) in [5.74, 6) is 0.652. The Morgan fingerprint density at radius 1 is 1.28 bits per heavy atom. The van der Waals surface area contributed by atoms with Gasteiger partial charge >= 0.3 is 0 Å². The third-order valence-corrected chi connectivity index (χ3v) is 3.62. The highest BCUT2D eigenvalue weighted by Gasteiger charge is 2.14. The lowest BCUT2D eigenvalue weighted by Gasteiger charge is -2.11. The van der Waals surface area contributed by atoms with Crippen LogP contribution in [-0.2, 0) is 11.3 Å². The van der Waals surface area contributed by atoms with Crippen LogP contribution < -0.4 is 20.3 Å². The lowest BCUT2D eigenvalue weighted by Crippen LogP contribution is -2.27. The number of anilines is 1. The molecule has 0 radical (unpaired) electrons. The van der Waals surface area contributed by atoms with E-state index in [0.29, 0.717) is 22.9 Å². The average Bonchev–Trinajstić information content (AvgIpc) is 2.99. The van der Waals surface area contributed by atoms with E-state index in [4.69, 9.17) is 14.0 Å². The Labute approximate surface area is 142 Å². The molecule has 130 valence electrons. The topological polar surface area (TPSA) is 108 Å². The molecule has 0 unspecified atom stereocenters. The Bertz CT molecular complexity index is 992. The van der Waals surface area contributed by atoms with E-state index in [1.165, 1.54) is 25.1 Å². The largest absolute Gasteiger partial charge is 0.493 e. The van der Waals surface area contributed by atoms with Crippen LogP contribution >= 0.6 is 0 Å². The van der Waals surface area contributed by atoms with Gasteiger partial charge in [0.25, 0.3) is 11.3 Å². The number of nitrogens with one attached hydrogen (secondary N) is 1. The average molecular weight is 344 g/mol. The van der Waals surface area contributed by atoms with E-state index in [1.807, 2.05) is 0 Å². The third kappa shape index (κ3) is 3.16. The maximum Gasteiger partial charge on any atom is 0.267 e. The number of ether oxygens (including phenoxy) is 2. The van der Waals surface area contributed by atoms with E-state index < -0.39 is 0 Å². The molecule has 0 spiro atoms. The number of aryl methyl sites for hydroxylation is 1. The second-order valence-corrected chi connectivity index (χ2v) is 5.24. The fourth-order valence-electron chi connectivity index (χ4n) is 2.39. The SMILES string of the molecule is COc1ccc(NC(=O)Cn2cnc3onc(C)c3c2=O)cc1OC. The number of carbonyl (C=O) groups is 1. The lowest BCUT2D eigenvalue weighted by atomic mass is 10.2. The Morgan fingerprint density at radius 3 is 2.76 bits per heavy atom. The summed E-state index contributed by atoms with van der Waals surface area (Å²) in [5, 5.41) is 6.67. The van der Waals surface area contributed by atoms with Crippen molar-refractivity contribution in [3.05, 3.63) is 40.6 Å². The molecule has 0 saturated heterocycles. The molecule has 0 atom stereocenters. The fourth-order valence-corrected chi connectivity index (χ4v) is 2.39. The summed E-state index contributed by atoms with van der Waals surface area (Å²) < 4.78 is 16.5. The first-order valence-corrected chi connectivity index (χ1v) is 7.36. The van der Waals surface area contributed by atoms with E-state index in [9.17, 15) is 9.59 Å². The third-order valence-electron chi connectivity index (χ3n) is 3.62. The first-order chi connectivity index (χ1) is 12.0. The maximum absolute atomic E-state index is 12.4. The van der Waals surface area contributed by atoms with Crippen LogP contribution in [0.4, 0.5) is 5.69 Å². The minimum atomic E-state index is -0.385. The minimum absolute atomic E-state index is 0.152. The zero-order valence-corrected chi connectivity index (χ0v) is 13.9. The molecule has 25 heavy (non-hydrogen) atoms. The highest BCUT2D eigenvalue weighted by atomic mass is 16.5. The van der Waals surface area contributed by atoms with Crippen LogP contribution in [-0.4, -0.2) is 34.8 Å². The molecule has 2 heterocycles. The number of amides is 1. The van der Waals surface area contributed by atoms with E-state index in [-0.39, 0.29) is 29.1 Å². The lowest BCUT2D eigenvalue weighted by molar-refractivity contribution is -0.116. The van der Waals surface area contributed by atoms with Gasteiger partial charge in [0.15, 0.2) is 11.5 Å². The zero-order chi connectivity index (χ0) is 18.0. The standard InChI is InChI=1S/C16H16N4O5/c1-9-14-15(25-19-9)17-8-20(16(14)22)7-13(21)18-10-4-5-11(23-2)12(6-10)24-3/h4-6,8H,7H2,1-3H3,(H,18,21). The van der Waals surface area contributed by atoms with Crippen molar-refractivity contribution in [3.63, 3.8) is 0 Å². The van der Waals surface area contributed by atoms with Crippen LogP contribution in [0, 0.1) is 6.92 Å². The Kier molecular flexibility index (Phi) is 4.38. The van der Waals surface area contributed by atoms with Crippen molar-refractivity contribution < 1.29 is 18.8 Å². The van der Waals surface area contributed by atoms with Gasteiger partial charge in [0, 0.05) is 11.8 Å². The minimum Gasteiger partial charge on any atom is -0.493 e. The molecule has 0 saturated carbocycles. The van der Waals surface area contributed by atoms with Gasteiger partial charge in [-0.05, 0) is 19.1 Å². The molecule has 9 nitrogen and oxygen atoms in total. The number of aromatic nitrogens is 3. The van der Waals surface area contributed by atoms with E-state index in [2.05, 4.69) is 15.5 Å². The summed E-state index contributed by atoms with van der Waals surface area (Å²) in [5.41, 5.74) is 0.721. The number of carbonyl (C=O) groups excluding carboxylic acids is 1. The summed E-state index contributed by atoms with van der Waals surface area (Å²) in [7, 11) is 3.03. The molecule has 3 aromatic rings. The smallest absolute Gasteiger partial charge is 0.267 e. The summed E-state index contributed by atoms with van der Waals surface area (Å²) in [6.07, 6.45) is 1.25. The number of hydrogen-bond donors (Lipinski definition) is 1. The second kappa shape index (κ2) is 6.63. The first kappa shape index (κ1) is 16.5. The van der Waals surface area contributed by atoms with Gasteiger partial charge in [-0.15, -0.1) is 0 Å². The summed E-state index contributed by atoms with van der Waals surface area (Å²) >= 11 is 0. The molecule has 3 rings (SSSR count). The van der Waals surface area contributed by atoms with Crippen molar-refractivity contribution in [2.75, 3.05) is 19.5 Å². The highest BCUT2D eigenvalue weighted by molar-refractivity contribution is 5.91. The number of hydrogen-bond acceptors (Lipinski definition) is 7. The molecular weight excluding hydrogens is 328 g/mol. The van der Waals surface area contributed by atoms with Crippen LogP contribution in [0.15, 0.2) is 33.8 Å². The van der Waals surface area contributed by atoms with Gasteiger partial charge < -0.3 is 19.3 Å². The fraction of sp³-hybridized carbons (Fsp3) is 0.250. The molecule has 0 aliphatic rings. The number of nitrogens with zero attached hydrogens (tertiary/aromatic N) is 3.